The summed E-state index contributed by atoms with van der Waals surface area (Å²) in [6.07, 6.45) is 3.78. The predicted molar refractivity (Wildman–Crippen MR) is 124 cm³/mol. The van der Waals surface area contributed by atoms with E-state index in [0.29, 0.717) is 0 Å². The van der Waals surface area contributed by atoms with E-state index < -0.39 is 5.41 Å². The molecule has 0 radical (unpaired) electrons. The van der Waals surface area contributed by atoms with Gasteiger partial charge in [0.05, 0.1) is 5.41 Å². The molecule has 1 aliphatic carbocycles. The van der Waals surface area contributed by atoms with Gasteiger partial charge in [-0.25, -0.2) is 0 Å². The van der Waals surface area contributed by atoms with Crippen molar-refractivity contribution in [3.8, 4) is 11.1 Å². The highest BCUT2D eigenvalue weighted by Crippen LogP contribution is 2.58. The summed E-state index contributed by atoms with van der Waals surface area (Å²) in [5.74, 6) is 0. The van der Waals surface area contributed by atoms with Crippen molar-refractivity contribution in [2.45, 2.75) is 5.41 Å². The van der Waals surface area contributed by atoms with Gasteiger partial charge in [-0.2, -0.15) is 0 Å². The standard InChI is InChI=1S/C28H18ClN/c29-22-11-13-26-25(18-22)24-12-10-19-6-4-5-9-23(19)27(24)28(26,20-7-2-1-3-8-20)21-14-16-30-17-15-21/h1-18H. The fourth-order valence-corrected chi connectivity index (χ4v) is 5.33. The normalized spacial score (nSPS) is 17.0. The van der Waals surface area contributed by atoms with Gasteiger partial charge in [0.2, 0.25) is 0 Å². The third kappa shape index (κ3) is 2.27. The third-order valence-electron chi connectivity index (χ3n) is 6.30. The van der Waals surface area contributed by atoms with Gasteiger partial charge in [-0.1, -0.05) is 84.4 Å². The van der Waals surface area contributed by atoms with E-state index >= 15 is 0 Å². The van der Waals surface area contributed by atoms with Crippen LogP contribution in [0.5, 0.6) is 0 Å². The van der Waals surface area contributed by atoms with Crippen LogP contribution in [-0.2, 0) is 5.41 Å². The Morgan fingerprint density at radius 2 is 1.37 bits per heavy atom. The summed E-state index contributed by atoms with van der Waals surface area (Å²) < 4.78 is 0. The average Bonchev–Trinajstić information content (AvgIpc) is 3.11. The van der Waals surface area contributed by atoms with Gasteiger partial charge >= 0.3 is 0 Å². The second-order valence-corrected chi connectivity index (χ2v) is 8.19. The first-order valence-corrected chi connectivity index (χ1v) is 10.5. The molecule has 0 N–H and O–H groups in total. The van der Waals surface area contributed by atoms with Crippen molar-refractivity contribution in [2.75, 3.05) is 0 Å². The van der Waals surface area contributed by atoms with E-state index in [9.17, 15) is 0 Å². The topological polar surface area (TPSA) is 12.9 Å². The van der Waals surface area contributed by atoms with Crippen LogP contribution < -0.4 is 0 Å². The second kappa shape index (κ2) is 6.55. The SMILES string of the molecule is Clc1ccc2c(c1)-c1ccc3ccccc3c1C2(c1ccccc1)c1ccncc1. The van der Waals surface area contributed by atoms with Crippen molar-refractivity contribution in [1.29, 1.82) is 0 Å². The molecule has 142 valence electrons. The third-order valence-corrected chi connectivity index (χ3v) is 6.54. The maximum atomic E-state index is 6.48. The van der Waals surface area contributed by atoms with Crippen molar-refractivity contribution in [2.24, 2.45) is 0 Å². The quantitative estimate of drug-likeness (QED) is 0.296. The Hall–Kier alpha value is -3.42. The van der Waals surface area contributed by atoms with Gasteiger partial charge in [0.15, 0.2) is 0 Å². The first-order valence-electron chi connectivity index (χ1n) is 10.1. The zero-order valence-corrected chi connectivity index (χ0v) is 17.0. The van der Waals surface area contributed by atoms with Crippen LogP contribution in [0.2, 0.25) is 5.02 Å². The monoisotopic (exact) mass is 403 g/mol. The van der Waals surface area contributed by atoms with E-state index in [-0.39, 0.29) is 0 Å². The number of hydrogen-bond donors (Lipinski definition) is 0. The Labute approximate surface area is 180 Å². The minimum absolute atomic E-state index is 0.430. The fraction of sp³-hybridized carbons (Fsp3) is 0.0357. The van der Waals surface area contributed by atoms with Crippen LogP contribution in [0.1, 0.15) is 22.3 Å². The summed E-state index contributed by atoms with van der Waals surface area (Å²) in [6.45, 7) is 0. The maximum Gasteiger partial charge on any atom is 0.0720 e. The summed E-state index contributed by atoms with van der Waals surface area (Å²) in [6, 6.07) is 34.5. The highest BCUT2D eigenvalue weighted by atomic mass is 35.5. The number of aromatic nitrogens is 1. The van der Waals surface area contributed by atoms with Gasteiger partial charge in [-0.3, -0.25) is 4.98 Å². The predicted octanol–water partition coefficient (Wildman–Crippen LogP) is 7.25. The summed E-state index contributed by atoms with van der Waals surface area (Å²) in [5, 5.41) is 3.26. The largest absolute Gasteiger partial charge is 0.265 e. The molecule has 0 saturated heterocycles. The average molecular weight is 404 g/mol. The minimum Gasteiger partial charge on any atom is -0.265 e. The van der Waals surface area contributed by atoms with Gasteiger partial charge in [0.1, 0.15) is 0 Å². The van der Waals surface area contributed by atoms with Gasteiger partial charge in [0, 0.05) is 17.4 Å². The molecule has 1 nitrogen and oxygen atoms in total. The van der Waals surface area contributed by atoms with Crippen LogP contribution in [0.15, 0.2) is 109 Å². The van der Waals surface area contributed by atoms with Crippen LogP contribution in [0.3, 0.4) is 0 Å². The molecule has 6 rings (SSSR count). The van der Waals surface area contributed by atoms with Crippen molar-refractivity contribution in [1.82, 2.24) is 4.98 Å². The zero-order chi connectivity index (χ0) is 20.1. The summed E-state index contributed by atoms with van der Waals surface area (Å²) in [7, 11) is 0. The van der Waals surface area contributed by atoms with Gasteiger partial charge in [-0.05, 0) is 68.4 Å². The first-order chi connectivity index (χ1) is 14.8. The Morgan fingerprint density at radius 3 is 2.20 bits per heavy atom. The molecule has 1 heterocycles. The van der Waals surface area contributed by atoms with E-state index in [1.165, 1.54) is 44.2 Å². The highest BCUT2D eigenvalue weighted by molar-refractivity contribution is 6.31. The van der Waals surface area contributed by atoms with Crippen molar-refractivity contribution in [3.63, 3.8) is 0 Å². The van der Waals surface area contributed by atoms with Crippen LogP contribution in [-0.4, -0.2) is 4.98 Å². The molecule has 1 unspecified atom stereocenters. The Morgan fingerprint density at radius 1 is 0.633 bits per heavy atom. The number of hydrogen-bond acceptors (Lipinski definition) is 1. The minimum atomic E-state index is -0.430. The first kappa shape index (κ1) is 17.4. The van der Waals surface area contributed by atoms with Crippen molar-refractivity contribution in [3.05, 3.63) is 137 Å². The molecule has 1 aromatic heterocycles. The molecule has 0 bridgehead atoms. The Kier molecular flexibility index (Phi) is 3.81. The van der Waals surface area contributed by atoms with E-state index in [2.05, 4.69) is 96.0 Å². The lowest BCUT2D eigenvalue weighted by Crippen LogP contribution is -2.28. The number of benzene rings is 4. The molecule has 0 amide bonds. The summed E-state index contributed by atoms with van der Waals surface area (Å²) >= 11 is 6.48. The van der Waals surface area contributed by atoms with Crippen LogP contribution in [0, 0.1) is 0 Å². The molecule has 0 fully saturated rings. The number of rotatable bonds is 2. The molecule has 2 heteroatoms. The fourth-order valence-electron chi connectivity index (χ4n) is 5.16. The molecule has 30 heavy (non-hydrogen) atoms. The zero-order valence-electron chi connectivity index (χ0n) is 16.2. The van der Waals surface area contributed by atoms with E-state index in [1.54, 1.807) is 0 Å². The Balaban J connectivity index is 1.88. The Bertz CT molecular complexity index is 1350. The molecule has 0 spiro atoms. The van der Waals surface area contributed by atoms with Crippen LogP contribution in [0.4, 0.5) is 0 Å². The van der Waals surface area contributed by atoms with Crippen molar-refractivity contribution < 1.29 is 0 Å². The van der Waals surface area contributed by atoms with Crippen LogP contribution >= 0.6 is 11.6 Å². The molecule has 1 atom stereocenters. The lowest BCUT2D eigenvalue weighted by molar-refractivity contribution is 0.773. The number of nitrogens with zero attached hydrogens (tertiary/aromatic N) is 1. The van der Waals surface area contributed by atoms with Gasteiger partial charge in [-0.15, -0.1) is 0 Å². The molecular formula is C28H18ClN. The van der Waals surface area contributed by atoms with Crippen LogP contribution in [0.25, 0.3) is 21.9 Å². The number of halogens is 1. The van der Waals surface area contributed by atoms with E-state index in [0.717, 1.165) is 5.02 Å². The lowest BCUT2D eigenvalue weighted by atomic mass is 9.67. The number of pyridine rings is 1. The summed E-state index contributed by atoms with van der Waals surface area (Å²) in [5.41, 5.74) is 7.04. The second-order valence-electron chi connectivity index (χ2n) is 7.75. The molecule has 1 aliphatic rings. The van der Waals surface area contributed by atoms with E-state index in [4.69, 9.17) is 11.6 Å². The van der Waals surface area contributed by atoms with Gasteiger partial charge in [0.25, 0.3) is 0 Å². The summed E-state index contributed by atoms with van der Waals surface area (Å²) in [4.78, 5) is 4.31. The number of fused-ring (bicyclic) bond motifs is 5. The molecular weight excluding hydrogens is 386 g/mol. The van der Waals surface area contributed by atoms with Crippen molar-refractivity contribution >= 4 is 22.4 Å². The molecule has 4 aromatic carbocycles. The molecule has 5 aromatic rings. The van der Waals surface area contributed by atoms with E-state index in [1.807, 2.05) is 18.5 Å². The smallest absolute Gasteiger partial charge is 0.0720 e. The lowest BCUT2D eigenvalue weighted by Gasteiger charge is -2.34. The van der Waals surface area contributed by atoms with Gasteiger partial charge < -0.3 is 0 Å². The molecule has 0 saturated carbocycles. The highest BCUT2D eigenvalue weighted by Gasteiger charge is 2.47. The maximum absolute atomic E-state index is 6.48. The molecule has 0 aliphatic heterocycles.